The van der Waals surface area contributed by atoms with Crippen molar-refractivity contribution < 1.29 is 0 Å². The standard InChI is InChI=1S/C19H32N2/c1-5-16-7-9-19(21-12-16)11-18-10-15(4)6-8-17(18)13-20-14(2)3/h7,9,12,14-15,17-18,20H,5-6,8,10-11,13H2,1-4H3. The van der Waals surface area contributed by atoms with Gasteiger partial charge in [0.15, 0.2) is 0 Å². The van der Waals surface area contributed by atoms with Crippen molar-refractivity contribution >= 4 is 0 Å². The molecule has 0 saturated heterocycles. The van der Waals surface area contributed by atoms with Gasteiger partial charge in [-0.05, 0) is 61.6 Å². The highest BCUT2D eigenvalue weighted by molar-refractivity contribution is 5.14. The second kappa shape index (κ2) is 7.93. The van der Waals surface area contributed by atoms with Crippen LogP contribution >= 0.6 is 0 Å². The number of aryl methyl sites for hydroxylation is 1. The maximum Gasteiger partial charge on any atom is 0.0406 e. The van der Waals surface area contributed by atoms with E-state index in [-0.39, 0.29) is 0 Å². The second-order valence-electron chi connectivity index (χ2n) is 7.22. The Bertz CT molecular complexity index is 410. The van der Waals surface area contributed by atoms with E-state index in [9.17, 15) is 0 Å². The average Bonchev–Trinajstić information content (AvgIpc) is 2.47. The molecule has 0 aromatic carbocycles. The Morgan fingerprint density at radius 3 is 2.67 bits per heavy atom. The zero-order valence-corrected chi connectivity index (χ0v) is 14.2. The number of hydrogen-bond acceptors (Lipinski definition) is 2. The summed E-state index contributed by atoms with van der Waals surface area (Å²) < 4.78 is 0. The molecule has 1 aromatic heterocycles. The van der Waals surface area contributed by atoms with E-state index >= 15 is 0 Å². The van der Waals surface area contributed by atoms with Gasteiger partial charge < -0.3 is 5.32 Å². The summed E-state index contributed by atoms with van der Waals surface area (Å²) in [4.78, 5) is 4.68. The molecule has 1 aliphatic rings. The number of hydrogen-bond donors (Lipinski definition) is 1. The predicted molar refractivity (Wildman–Crippen MR) is 90.5 cm³/mol. The van der Waals surface area contributed by atoms with E-state index in [0.29, 0.717) is 6.04 Å². The number of nitrogens with zero attached hydrogens (tertiary/aromatic N) is 1. The Morgan fingerprint density at radius 2 is 2.05 bits per heavy atom. The smallest absolute Gasteiger partial charge is 0.0406 e. The summed E-state index contributed by atoms with van der Waals surface area (Å²) in [7, 11) is 0. The number of nitrogens with one attached hydrogen (secondary N) is 1. The SMILES string of the molecule is CCc1ccc(CC2CC(C)CCC2CNC(C)C)nc1. The molecule has 0 spiro atoms. The monoisotopic (exact) mass is 288 g/mol. The third-order valence-electron chi connectivity index (χ3n) is 4.96. The van der Waals surface area contributed by atoms with Crippen molar-refractivity contribution in [3.8, 4) is 0 Å². The maximum atomic E-state index is 4.68. The van der Waals surface area contributed by atoms with Gasteiger partial charge in [-0.25, -0.2) is 0 Å². The molecule has 21 heavy (non-hydrogen) atoms. The molecular formula is C19H32N2. The van der Waals surface area contributed by atoms with Crippen LogP contribution in [0.1, 0.15) is 58.2 Å². The summed E-state index contributed by atoms with van der Waals surface area (Å²) in [6.45, 7) is 10.2. The fourth-order valence-electron chi connectivity index (χ4n) is 3.52. The third kappa shape index (κ3) is 5.10. The average molecular weight is 288 g/mol. The van der Waals surface area contributed by atoms with Crippen molar-refractivity contribution in [2.24, 2.45) is 17.8 Å². The first-order valence-corrected chi connectivity index (χ1v) is 8.75. The Morgan fingerprint density at radius 1 is 1.24 bits per heavy atom. The van der Waals surface area contributed by atoms with Crippen LogP contribution in [-0.4, -0.2) is 17.6 Å². The first-order valence-electron chi connectivity index (χ1n) is 8.75. The Hall–Kier alpha value is -0.890. The third-order valence-corrected chi connectivity index (χ3v) is 4.96. The Labute approximate surface area is 130 Å². The van der Waals surface area contributed by atoms with Gasteiger partial charge in [-0.2, -0.15) is 0 Å². The van der Waals surface area contributed by atoms with E-state index in [1.54, 1.807) is 0 Å². The molecule has 2 rings (SSSR count). The van der Waals surface area contributed by atoms with Crippen LogP contribution in [0.2, 0.25) is 0 Å². The van der Waals surface area contributed by atoms with Crippen LogP contribution in [0.5, 0.6) is 0 Å². The van der Waals surface area contributed by atoms with E-state index in [4.69, 9.17) is 0 Å². The Kier molecular flexibility index (Phi) is 6.22. The lowest BCUT2D eigenvalue weighted by molar-refractivity contribution is 0.180. The summed E-state index contributed by atoms with van der Waals surface area (Å²) >= 11 is 0. The highest BCUT2D eigenvalue weighted by Gasteiger charge is 2.28. The first-order chi connectivity index (χ1) is 10.1. The molecule has 1 N–H and O–H groups in total. The largest absolute Gasteiger partial charge is 0.314 e. The minimum atomic E-state index is 0.590. The zero-order valence-electron chi connectivity index (χ0n) is 14.2. The minimum absolute atomic E-state index is 0.590. The molecule has 3 atom stereocenters. The van der Waals surface area contributed by atoms with E-state index < -0.39 is 0 Å². The van der Waals surface area contributed by atoms with Crippen molar-refractivity contribution in [1.29, 1.82) is 0 Å². The van der Waals surface area contributed by atoms with Crippen molar-refractivity contribution in [1.82, 2.24) is 10.3 Å². The number of rotatable bonds is 6. The van der Waals surface area contributed by atoms with Crippen LogP contribution in [0.25, 0.3) is 0 Å². The lowest BCUT2D eigenvalue weighted by atomic mass is 9.72. The van der Waals surface area contributed by atoms with Gasteiger partial charge in [-0.1, -0.05) is 40.2 Å². The number of aromatic nitrogens is 1. The van der Waals surface area contributed by atoms with Crippen LogP contribution in [0, 0.1) is 17.8 Å². The van der Waals surface area contributed by atoms with Gasteiger partial charge in [-0.3, -0.25) is 4.98 Å². The van der Waals surface area contributed by atoms with Crippen molar-refractivity contribution in [3.05, 3.63) is 29.6 Å². The summed E-state index contributed by atoms with van der Waals surface area (Å²) in [5.41, 5.74) is 2.62. The highest BCUT2D eigenvalue weighted by atomic mass is 14.9. The van der Waals surface area contributed by atoms with E-state index in [2.05, 4.69) is 56.3 Å². The molecule has 1 fully saturated rings. The topological polar surface area (TPSA) is 24.9 Å². The summed E-state index contributed by atoms with van der Waals surface area (Å²) in [5, 5.41) is 3.64. The quantitative estimate of drug-likeness (QED) is 0.847. The molecule has 1 heterocycles. The molecule has 1 saturated carbocycles. The molecule has 0 bridgehead atoms. The molecule has 0 radical (unpaired) electrons. The lowest BCUT2D eigenvalue weighted by Crippen LogP contribution is -2.36. The van der Waals surface area contributed by atoms with Crippen LogP contribution in [0.4, 0.5) is 0 Å². The molecule has 3 unspecified atom stereocenters. The van der Waals surface area contributed by atoms with Crippen LogP contribution < -0.4 is 5.32 Å². The van der Waals surface area contributed by atoms with Gasteiger partial charge in [-0.15, -0.1) is 0 Å². The van der Waals surface area contributed by atoms with Crippen molar-refractivity contribution in [2.75, 3.05) is 6.54 Å². The fraction of sp³-hybridized carbons (Fsp3) is 0.737. The van der Waals surface area contributed by atoms with Gasteiger partial charge in [0.1, 0.15) is 0 Å². The van der Waals surface area contributed by atoms with E-state index in [1.807, 2.05) is 0 Å². The summed E-state index contributed by atoms with van der Waals surface area (Å²) in [6.07, 6.45) is 8.42. The molecule has 2 heteroatoms. The van der Waals surface area contributed by atoms with Crippen LogP contribution in [-0.2, 0) is 12.8 Å². The van der Waals surface area contributed by atoms with Crippen LogP contribution in [0.3, 0.4) is 0 Å². The molecule has 0 aliphatic heterocycles. The molecule has 1 aliphatic carbocycles. The van der Waals surface area contributed by atoms with Gasteiger partial charge in [0.05, 0.1) is 0 Å². The van der Waals surface area contributed by atoms with E-state index in [1.165, 1.54) is 37.1 Å². The van der Waals surface area contributed by atoms with Gasteiger partial charge in [0.2, 0.25) is 0 Å². The van der Waals surface area contributed by atoms with Crippen molar-refractivity contribution in [3.63, 3.8) is 0 Å². The van der Waals surface area contributed by atoms with Gasteiger partial charge in [0, 0.05) is 17.9 Å². The first kappa shape index (κ1) is 16.5. The zero-order chi connectivity index (χ0) is 15.2. The highest BCUT2D eigenvalue weighted by Crippen LogP contribution is 2.35. The predicted octanol–water partition coefficient (Wildman–Crippen LogP) is 4.24. The molecule has 2 nitrogen and oxygen atoms in total. The molecular weight excluding hydrogens is 256 g/mol. The van der Waals surface area contributed by atoms with Gasteiger partial charge >= 0.3 is 0 Å². The molecule has 118 valence electrons. The minimum Gasteiger partial charge on any atom is -0.314 e. The summed E-state index contributed by atoms with van der Waals surface area (Å²) in [6, 6.07) is 5.08. The normalized spacial score (nSPS) is 26.2. The van der Waals surface area contributed by atoms with Crippen molar-refractivity contribution in [2.45, 2.75) is 65.8 Å². The number of pyridine rings is 1. The maximum absolute atomic E-state index is 4.68. The Balaban J connectivity index is 1.97. The molecule has 1 aromatic rings. The van der Waals surface area contributed by atoms with E-state index in [0.717, 1.165) is 30.6 Å². The van der Waals surface area contributed by atoms with Gasteiger partial charge in [0.25, 0.3) is 0 Å². The van der Waals surface area contributed by atoms with Crippen LogP contribution in [0.15, 0.2) is 18.3 Å². The summed E-state index contributed by atoms with van der Waals surface area (Å²) in [5.74, 6) is 2.48. The molecule has 0 amide bonds. The lowest BCUT2D eigenvalue weighted by Gasteiger charge is -2.35. The fourth-order valence-corrected chi connectivity index (χ4v) is 3.52. The second-order valence-corrected chi connectivity index (χ2v) is 7.22.